The van der Waals surface area contributed by atoms with Crippen LogP contribution in [0.5, 0.6) is 0 Å². The number of anilines is 1. The predicted octanol–water partition coefficient (Wildman–Crippen LogP) is 6.18. The van der Waals surface area contributed by atoms with E-state index in [0.29, 0.717) is 38.4 Å². The molecule has 0 radical (unpaired) electrons. The Balaban J connectivity index is 1.64. The number of carbonyl (C=O) groups excluding carboxylic acids is 1. The second-order valence-electron chi connectivity index (χ2n) is 10.3. The molecule has 0 bridgehead atoms. The Labute approximate surface area is 220 Å². The Kier molecular flexibility index (Phi) is 6.09. The average Bonchev–Trinajstić information content (AvgIpc) is 3.59. The molecular formula is C28H26ClFN6O. The molecular weight excluding hydrogens is 491 g/mol. The largest absolute Gasteiger partial charge is 0.324 e. The van der Waals surface area contributed by atoms with Gasteiger partial charge in [0.05, 0.1) is 33.5 Å². The quantitative estimate of drug-likeness (QED) is 0.329. The van der Waals surface area contributed by atoms with Crippen LogP contribution >= 0.6 is 11.6 Å². The minimum atomic E-state index is -1.41. The highest BCUT2D eigenvalue weighted by Crippen LogP contribution is 2.37. The lowest BCUT2D eigenvalue weighted by molar-refractivity contribution is -0.123. The van der Waals surface area contributed by atoms with Crippen molar-refractivity contribution in [1.82, 2.24) is 20.0 Å². The van der Waals surface area contributed by atoms with Gasteiger partial charge in [-0.05, 0) is 54.7 Å². The van der Waals surface area contributed by atoms with Crippen LogP contribution in [0, 0.1) is 22.6 Å². The van der Waals surface area contributed by atoms with Gasteiger partial charge in [0, 0.05) is 30.5 Å². The smallest absolute Gasteiger partial charge is 0.229 e. The van der Waals surface area contributed by atoms with Gasteiger partial charge in [0.2, 0.25) is 5.91 Å². The van der Waals surface area contributed by atoms with Crippen LogP contribution < -0.4 is 5.32 Å². The van der Waals surface area contributed by atoms with Crippen LogP contribution in [-0.4, -0.2) is 25.9 Å². The van der Waals surface area contributed by atoms with E-state index < -0.39 is 17.1 Å². The molecule has 9 heteroatoms. The fourth-order valence-corrected chi connectivity index (χ4v) is 4.36. The van der Waals surface area contributed by atoms with Gasteiger partial charge in [-0.1, -0.05) is 49.7 Å². The minimum absolute atomic E-state index is 0.126. The number of aromatic nitrogens is 4. The van der Waals surface area contributed by atoms with Crippen molar-refractivity contribution in [3.05, 3.63) is 82.0 Å². The summed E-state index contributed by atoms with van der Waals surface area (Å²) in [7, 11) is 0. The summed E-state index contributed by atoms with van der Waals surface area (Å²) in [6, 6.07) is 11.7. The zero-order valence-corrected chi connectivity index (χ0v) is 21.5. The van der Waals surface area contributed by atoms with Crippen molar-refractivity contribution in [2.45, 2.75) is 52.0 Å². The maximum atomic E-state index is 13.8. The normalized spacial score (nSPS) is 15.6. The minimum Gasteiger partial charge on any atom is -0.324 e. The van der Waals surface area contributed by atoms with Gasteiger partial charge in [0.1, 0.15) is 11.9 Å². The van der Waals surface area contributed by atoms with Crippen molar-refractivity contribution in [3.8, 4) is 6.07 Å². The molecule has 0 unspecified atom stereocenters. The highest BCUT2D eigenvalue weighted by atomic mass is 35.5. The van der Waals surface area contributed by atoms with Crippen molar-refractivity contribution >= 4 is 34.1 Å². The summed E-state index contributed by atoms with van der Waals surface area (Å²) in [5.41, 5.74) is 1.88. The topological polar surface area (TPSA) is 96.5 Å². The molecule has 2 heterocycles. The van der Waals surface area contributed by atoms with Gasteiger partial charge in [-0.2, -0.15) is 5.26 Å². The zero-order chi connectivity index (χ0) is 27.2. The highest BCUT2D eigenvalue weighted by Gasteiger charge is 2.28. The number of benzene rings is 2. The fraction of sp³-hybridized carbons (Fsp3) is 0.321. The number of rotatable bonds is 6. The van der Waals surface area contributed by atoms with Crippen LogP contribution in [0.25, 0.3) is 10.9 Å². The first kappa shape index (κ1) is 23.6. The van der Waals surface area contributed by atoms with Crippen molar-refractivity contribution in [3.63, 3.8) is 0 Å². The summed E-state index contributed by atoms with van der Waals surface area (Å²) < 4.78 is 25.1. The number of nitriles is 1. The number of pyridine rings is 1. The number of hydrogen-bond donors (Lipinski definition) is 1. The molecule has 0 spiro atoms. The van der Waals surface area contributed by atoms with E-state index in [2.05, 4.69) is 26.7 Å². The Morgan fingerprint density at radius 2 is 2.05 bits per heavy atom. The van der Waals surface area contributed by atoms with Crippen molar-refractivity contribution < 1.29 is 10.6 Å². The fourth-order valence-electron chi connectivity index (χ4n) is 4.07. The zero-order valence-electron chi connectivity index (χ0n) is 21.7. The highest BCUT2D eigenvalue weighted by molar-refractivity contribution is 6.35. The molecule has 1 amide bonds. The first-order valence-corrected chi connectivity index (χ1v) is 12.4. The van der Waals surface area contributed by atoms with E-state index in [-0.39, 0.29) is 23.9 Å². The molecule has 1 aliphatic carbocycles. The van der Waals surface area contributed by atoms with E-state index in [4.69, 9.17) is 11.6 Å². The number of amides is 1. The van der Waals surface area contributed by atoms with E-state index in [9.17, 15) is 15.8 Å². The standard InChI is InChI=1S/C28H26ClFN6O/c1-28(2,3)27(37)33-25-18(13-31)14-32-26-22(25)11-16(12-23(26)29)10-21(17-4-6-19(30)7-5-17)24-15-36(35-34-24)20-8-9-20/h4-7,11-12,14-15,20-21H,8-10H2,1-3H3,(H,32,33,37)/t21-/m0/s1/i21D. The van der Waals surface area contributed by atoms with Gasteiger partial charge in [0.25, 0.3) is 0 Å². The summed E-state index contributed by atoms with van der Waals surface area (Å²) in [5.74, 6) is -2.07. The van der Waals surface area contributed by atoms with E-state index in [1.165, 1.54) is 18.3 Å². The predicted molar refractivity (Wildman–Crippen MR) is 140 cm³/mol. The molecule has 1 aliphatic rings. The van der Waals surface area contributed by atoms with Gasteiger partial charge in [0.15, 0.2) is 0 Å². The van der Waals surface area contributed by atoms with E-state index in [1.54, 1.807) is 55.9 Å². The maximum Gasteiger partial charge on any atom is 0.229 e. The van der Waals surface area contributed by atoms with Crippen LogP contribution in [-0.2, 0) is 11.2 Å². The first-order valence-electron chi connectivity index (χ1n) is 12.5. The summed E-state index contributed by atoms with van der Waals surface area (Å²) in [6.07, 6.45) is 5.32. The summed E-state index contributed by atoms with van der Waals surface area (Å²) in [6.45, 7) is 5.34. The molecule has 1 saturated carbocycles. The van der Waals surface area contributed by atoms with Gasteiger partial charge in [-0.25, -0.2) is 9.07 Å². The SMILES string of the molecule is [2H][C@](Cc1cc(Cl)c2ncc(C#N)c(NC(=O)C(C)(C)C)c2c1)(c1ccc(F)cc1)c1cn(C2CC2)nn1. The van der Waals surface area contributed by atoms with E-state index in [0.717, 1.165) is 12.8 Å². The molecule has 2 aromatic carbocycles. The lowest BCUT2D eigenvalue weighted by Gasteiger charge is -2.20. The third kappa shape index (κ3) is 5.18. The van der Waals surface area contributed by atoms with Crippen molar-refractivity contribution in [2.24, 2.45) is 5.41 Å². The number of hydrogen-bond acceptors (Lipinski definition) is 5. The van der Waals surface area contributed by atoms with E-state index >= 15 is 0 Å². The molecule has 1 fully saturated rings. The Bertz CT molecular complexity index is 1590. The van der Waals surface area contributed by atoms with Gasteiger partial charge in [-0.3, -0.25) is 9.78 Å². The van der Waals surface area contributed by atoms with Crippen LogP contribution in [0.2, 0.25) is 5.02 Å². The number of halogens is 2. The molecule has 4 aromatic rings. The molecule has 5 rings (SSSR count). The summed E-state index contributed by atoms with van der Waals surface area (Å²) >= 11 is 6.65. The molecule has 0 aliphatic heterocycles. The molecule has 1 atom stereocenters. The number of nitrogens with zero attached hydrogens (tertiary/aromatic N) is 5. The van der Waals surface area contributed by atoms with Crippen LogP contribution in [0.1, 0.15) is 69.3 Å². The summed E-state index contributed by atoms with van der Waals surface area (Å²) in [4.78, 5) is 17.2. The number of carbonyl (C=O) groups is 1. The second-order valence-corrected chi connectivity index (χ2v) is 10.7. The molecule has 37 heavy (non-hydrogen) atoms. The van der Waals surface area contributed by atoms with Crippen LogP contribution in [0.3, 0.4) is 0 Å². The van der Waals surface area contributed by atoms with Gasteiger partial charge >= 0.3 is 0 Å². The van der Waals surface area contributed by atoms with Crippen molar-refractivity contribution in [2.75, 3.05) is 5.32 Å². The molecule has 1 N–H and O–H groups in total. The lowest BCUT2D eigenvalue weighted by Crippen LogP contribution is -2.28. The average molecular weight is 518 g/mol. The Morgan fingerprint density at radius 3 is 2.70 bits per heavy atom. The van der Waals surface area contributed by atoms with E-state index in [1.807, 2.05) is 0 Å². The van der Waals surface area contributed by atoms with Crippen LogP contribution in [0.4, 0.5) is 10.1 Å². The van der Waals surface area contributed by atoms with Crippen LogP contribution in [0.15, 0.2) is 48.8 Å². The monoisotopic (exact) mass is 517 g/mol. The molecule has 0 saturated heterocycles. The maximum absolute atomic E-state index is 13.8. The number of nitrogens with one attached hydrogen (secondary N) is 1. The third-order valence-electron chi connectivity index (χ3n) is 6.34. The Morgan fingerprint density at radius 1 is 1.32 bits per heavy atom. The second kappa shape index (κ2) is 9.56. The van der Waals surface area contributed by atoms with Crippen molar-refractivity contribution in [1.29, 1.82) is 5.26 Å². The first-order chi connectivity index (χ1) is 18.0. The lowest BCUT2D eigenvalue weighted by atomic mass is 9.89. The molecule has 2 aromatic heterocycles. The number of fused-ring (bicyclic) bond motifs is 1. The Hall–Kier alpha value is -3.83. The summed E-state index contributed by atoms with van der Waals surface area (Å²) in [5, 5.41) is 22.0. The molecule has 7 nitrogen and oxygen atoms in total. The third-order valence-corrected chi connectivity index (χ3v) is 6.63. The van der Waals surface area contributed by atoms with Gasteiger partial charge in [-0.15, -0.1) is 5.10 Å². The molecule has 188 valence electrons. The van der Waals surface area contributed by atoms with Gasteiger partial charge < -0.3 is 5.32 Å².